The molecule has 9 nitrogen and oxygen atoms in total. The van der Waals surface area contributed by atoms with Crippen molar-refractivity contribution in [2.75, 3.05) is 36.9 Å². The third-order valence-corrected chi connectivity index (χ3v) is 7.01. The van der Waals surface area contributed by atoms with Crippen molar-refractivity contribution < 1.29 is 23.0 Å². The topological polar surface area (TPSA) is 102 Å². The van der Waals surface area contributed by atoms with Crippen molar-refractivity contribution in [1.82, 2.24) is 19.9 Å². The maximum Gasteiger partial charge on any atom is 0.283 e. The number of hydrogen-bond acceptors (Lipinski definition) is 8. The van der Waals surface area contributed by atoms with E-state index in [0.29, 0.717) is 58.7 Å². The van der Waals surface area contributed by atoms with E-state index in [2.05, 4.69) is 37.1 Å². The minimum atomic E-state index is -1.12. The van der Waals surface area contributed by atoms with Gasteiger partial charge < -0.3 is 20.1 Å². The molecule has 4 heterocycles. The molecule has 0 spiro atoms. The van der Waals surface area contributed by atoms with Crippen LogP contribution in [0.4, 0.5) is 26.0 Å². The molecule has 40 heavy (non-hydrogen) atoms. The Bertz CT molecular complexity index is 1600. The summed E-state index contributed by atoms with van der Waals surface area (Å²) in [5.41, 5.74) is 2.25. The Kier molecular flexibility index (Phi) is 7.06. The third kappa shape index (κ3) is 5.33. The highest BCUT2D eigenvalue weighted by Gasteiger charge is 2.33. The molecule has 204 valence electrons. The first-order chi connectivity index (χ1) is 19.4. The van der Waals surface area contributed by atoms with E-state index in [4.69, 9.17) is 9.47 Å². The monoisotopic (exact) mass is 544 g/mol. The number of carbonyl (C=O) groups excluding carboxylic acids is 1. The molecular weight excluding hydrogens is 518 g/mol. The van der Waals surface area contributed by atoms with E-state index in [0.717, 1.165) is 19.5 Å². The van der Waals surface area contributed by atoms with Crippen LogP contribution in [0.1, 0.15) is 6.42 Å². The Morgan fingerprint density at radius 1 is 1.12 bits per heavy atom. The number of carbonyl (C=O) groups is 1. The standard InChI is InChI=1S/C29H26F2N6O3/c1-17(30)29(38)36-26-11-22-25(12-27(26)40-20-7-9-37(13-20)19-14-39-15-19)33-16-34-28(22)35-18-6-8-32-24(10-18)21-4-2-3-5-23(21)31/h2-6,8,10-12,16,19-20H,1,7,9,13-15H2,(H,36,38)(H,32,33,34,35)/t20-/m1/s1. The van der Waals surface area contributed by atoms with Gasteiger partial charge in [-0.3, -0.25) is 14.7 Å². The fourth-order valence-corrected chi connectivity index (χ4v) is 4.83. The largest absolute Gasteiger partial charge is 0.487 e. The highest BCUT2D eigenvalue weighted by Crippen LogP contribution is 2.36. The minimum Gasteiger partial charge on any atom is -0.487 e. The second kappa shape index (κ2) is 10.9. The van der Waals surface area contributed by atoms with Crippen LogP contribution in [0.25, 0.3) is 22.2 Å². The average Bonchev–Trinajstić information content (AvgIpc) is 3.36. The van der Waals surface area contributed by atoms with Crippen LogP contribution < -0.4 is 15.4 Å². The number of anilines is 3. The Hall–Kier alpha value is -4.48. The molecule has 2 aliphatic heterocycles. The van der Waals surface area contributed by atoms with Gasteiger partial charge in [-0.25, -0.2) is 18.7 Å². The van der Waals surface area contributed by atoms with Gasteiger partial charge in [0.2, 0.25) is 0 Å². The molecule has 0 bridgehead atoms. The van der Waals surface area contributed by atoms with Crippen molar-refractivity contribution in [1.29, 1.82) is 0 Å². The molecule has 1 amide bonds. The lowest BCUT2D eigenvalue weighted by Gasteiger charge is -2.34. The summed E-state index contributed by atoms with van der Waals surface area (Å²) >= 11 is 0. The van der Waals surface area contributed by atoms with Crippen LogP contribution >= 0.6 is 0 Å². The van der Waals surface area contributed by atoms with Crippen molar-refractivity contribution in [3.05, 3.63) is 79.3 Å². The van der Waals surface area contributed by atoms with Crippen LogP contribution in [0, 0.1) is 5.82 Å². The zero-order valence-corrected chi connectivity index (χ0v) is 21.4. The number of nitrogens with zero attached hydrogens (tertiary/aromatic N) is 4. The number of rotatable bonds is 8. The molecule has 2 saturated heterocycles. The van der Waals surface area contributed by atoms with Crippen molar-refractivity contribution in [3.8, 4) is 17.0 Å². The number of nitrogens with one attached hydrogen (secondary N) is 2. The molecule has 0 saturated carbocycles. The highest BCUT2D eigenvalue weighted by molar-refractivity contribution is 6.05. The van der Waals surface area contributed by atoms with Crippen molar-refractivity contribution in [2.45, 2.75) is 18.6 Å². The minimum absolute atomic E-state index is 0.115. The normalized spacial score (nSPS) is 17.4. The van der Waals surface area contributed by atoms with E-state index in [1.165, 1.54) is 12.4 Å². The van der Waals surface area contributed by atoms with Crippen LogP contribution in [0.15, 0.2) is 73.5 Å². The molecule has 6 rings (SSSR count). The molecule has 11 heteroatoms. The maximum atomic E-state index is 14.3. The SMILES string of the molecule is C=C(F)C(=O)Nc1cc2c(Nc3ccnc(-c4ccccc4F)c3)ncnc2cc1O[C@@H]1CCN(C2COC2)C1. The summed E-state index contributed by atoms with van der Waals surface area (Å²) in [6.45, 7) is 6.13. The second-order valence-corrected chi connectivity index (χ2v) is 9.70. The van der Waals surface area contributed by atoms with Gasteiger partial charge >= 0.3 is 0 Å². The van der Waals surface area contributed by atoms with Crippen LogP contribution in [-0.4, -0.2) is 64.2 Å². The predicted octanol–water partition coefficient (Wildman–Crippen LogP) is 4.85. The second-order valence-electron chi connectivity index (χ2n) is 9.70. The number of likely N-dealkylation sites (tertiary alicyclic amines) is 1. The Balaban J connectivity index is 1.31. The molecule has 0 aliphatic carbocycles. The third-order valence-electron chi connectivity index (χ3n) is 7.01. The molecule has 2 aromatic heterocycles. The number of pyridine rings is 1. The summed E-state index contributed by atoms with van der Waals surface area (Å²) in [6.07, 6.45) is 3.66. The van der Waals surface area contributed by atoms with E-state index in [1.54, 1.807) is 48.7 Å². The lowest BCUT2D eigenvalue weighted by molar-refractivity contribution is -0.114. The van der Waals surface area contributed by atoms with Gasteiger partial charge in [-0.05, 0) is 36.8 Å². The fraction of sp³-hybridized carbons (Fsp3) is 0.241. The first-order valence-electron chi connectivity index (χ1n) is 12.9. The Morgan fingerprint density at radius 3 is 2.75 bits per heavy atom. The smallest absolute Gasteiger partial charge is 0.283 e. The summed E-state index contributed by atoms with van der Waals surface area (Å²) in [7, 11) is 0. The van der Waals surface area contributed by atoms with Crippen molar-refractivity contribution in [2.24, 2.45) is 0 Å². The molecular formula is C29H26F2N6O3. The summed E-state index contributed by atoms with van der Waals surface area (Å²) in [4.78, 5) is 27.6. The van der Waals surface area contributed by atoms with Gasteiger partial charge in [0.1, 0.15) is 29.8 Å². The predicted molar refractivity (Wildman–Crippen MR) is 147 cm³/mol. The summed E-state index contributed by atoms with van der Waals surface area (Å²) < 4.78 is 39.6. The van der Waals surface area contributed by atoms with Crippen LogP contribution in [0.3, 0.4) is 0 Å². The molecule has 0 unspecified atom stereocenters. The lowest BCUT2D eigenvalue weighted by Crippen LogP contribution is -2.48. The number of hydrogen-bond donors (Lipinski definition) is 2. The number of halogens is 2. The van der Waals surface area contributed by atoms with Gasteiger partial charge in [0.05, 0.1) is 36.2 Å². The number of aromatic nitrogens is 3. The molecule has 2 aromatic carbocycles. The van der Waals surface area contributed by atoms with Crippen molar-refractivity contribution in [3.63, 3.8) is 0 Å². The molecule has 2 fully saturated rings. The van der Waals surface area contributed by atoms with Crippen LogP contribution in [0.5, 0.6) is 5.75 Å². The quantitative estimate of drug-likeness (QED) is 0.304. The lowest BCUT2D eigenvalue weighted by atomic mass is 10.1. The summed E-state index contributed by atoms with van der Waals surface area (Å²) in [6, 6.07) is 13.6. The van der Waals surface area contributed by atoms with E-state index in [-0.39, 0.29) is 17.6 Å². The number of amides is 1. The number of ether oxygens (including phenoxy) is 2. The molecule has 0 radical (unpaired) electrons. The fourth-order valence-electron chi connectivity index (χ4n) is 4.83. The van der Waals surface area contributed by atoms with Gasteiger partial charge in [-0.15, -0.1) is 0 Å². The Morgan fingerprint density at radius 2 is 1.98 bits per heavy atom. The van der Waals surface area contributed by atoms with E-state index < -0.39 is 11.7 Å². The van der Waals surface area contributed by atoms with Crippen molar-refractivity contribution >= 4 is 34.0 Å². The zero-order valence-electron chi connectivity index (χ0n) is 21.4. The Labute approximate surface area is 228 Å². The van der Waals surface area contributed by atoms with Gasteiger partial charge in [0.15, 0.2) is 5.83 Å². The summed E-state index contributed by atoms with van der Waals surface area (Å²) in [5.74, 6) is -1.68. The maximum absolute atomic E-state index is 14.3. The first kappa shape index (κ1) is 25.8. The van der Waals surface area contributed by atoms with Gasteiger partial charge in [0, 0.05) is 42.0 Å². The van der Waals surface area contributed by atoms with E-state index in [9.17, 15) is 13.6 Å². The van der Waals surface area contributed by atoms with Gasteiger partial charge in [-0.1, -0.05) is 18.7 Å². The molecule has 4 aromatic rings. The number of fused-ring (bicyclic) bond motifs is 1. The molecule has 2 aliphatic rings. The van der Waals surface area contributed by atoms with E-state index in [1.807, 2.05) is 0 Å². The number of benzene rings is 2. The highest BCUT2D eigenvalue weighted by atomic mass is 19.1. The summed E-state index contributed by atoms with van der Waals surface area (Å²) in [5, 5.41) is 6.33. The first-order valence-corrected chi connectivity index (χ1v) is 12.9. The van der Waals surface area contributed by atoms with E-state index >= 15 is 0 Å². The zero-order chi connectivity index (χ0) is 27.6. The van der Waals surface area contributed by atoms with Crippen LogP contribution in [0.2, 0.25) is 0 Å². The average molecular weight is 545 g/mol. The molecule has 1 atom stereocenters. The van der Waals surface area contributed by atoms with Gasteiger partial charge in [-0.2, -0.15) is 0 Å². The van der Waals surface area contributed by atoms with Gasteiger partial charge in [0.25, 0.3) is 5.91 Å². The molecule has 2 N–H and O–H groups in total. The van der Waals surface area contributed by atoms with Crippen LogP contribution in [-0.2, 0) is 9.53 Å².